The van der Waals surface area contributed by atoms with Crippen LogP contribution in [0, 0.1) is 12.0 Å². The van der Waals surface area contributed by atoms with Gasteiger partial charge in [-0.3, -0.25) is 9.79 Å². The number of benzene rings is 2. The lowest BCUT2D eigenvalue weighted by atomic mass is 9.90. The van der Waals surface area contributed by atoms with E-state index in [0.717, 1.165) is 29.1 Å². The molecule has 0 saturated heterocycles. The maximum absolute atomic E-state index is 12.9. The van der Waals surface area contributed by atoms with E-state index < -0.39 is 0 Å². The van der Waals surface area contributed by atoms with E-state index in [4.69, 9.17) is 16.3 Å². The highest BCUT2D eigenvalue weighted by molar-refractivity contribution is 6.12. The highest BCUT2D eigenvalue weighted by Gasteiger charge is 2.23. The summed E-state index contributed by atoms with van der Waals surface area (Å²) in [6.07, 6.45) is 1.83. The van der Waals surface area contributed by atoms with E-state index in [-0.39, 0.29) is 24.0 Å². The Hall–Kier alpha value is -3.50. The highest BCUT2D eigenvalue weighted by Crippen LogP contribution is 2.29. The average Bonchev–Trinajstić information content (AvgIpc) is 3.34. The van der Waals surface area contributed by atoms with Gasteiger partial charge in [0.2, 0.25) is 11.6 Å². The Morgan fingerprint density at radius 3 is 2.57 bits per heavy atom. The minimum absolute atomic E-state index is 0.000705. The number of ether oxygens (including phenoxy) is 1. The summed E-state index contributed by atoms with van der Waals surface area (Å²) >= 11 is 0. The van der Waals surface area contributed by atoms with Gasteiger partial charge in [0.1, 0.15) is 5.75 Å². The van der Waals surface area contributed by atoms with Crippen LogP contribution in [-0.4, -0.2) is 48.4 Å². The smallest absolute Gasteiger partial charge is 0.250 e. The molecule has 1 atom stereocenters. The number of nitrogens with one attached hydrogen (secondary N) is 1. The summed E-state index contributed by atoms with van der Waals surface area (Å²) in [7, 11) is 0. The zero-order chi connectivity index (χ0) is 25.4. The predicted molar refractivity (Wildman–Crippen MR) is 140 cm³/mol. The third kappa shape index (κ3) is 7.00. The monoisotopic (exact) mass is 474 g/mol. The maximum Gasteiger partial charge on any atom is 0.250 e. The van der Waals surface area contributed by atoms with Gasteiger partial charge in [-0.2, -0.15) is 0 Å². The van der Waals surface area contributed by atoms with Crippen molar-refractivity contribution in [2.45, 2.75) is 53.0 Å². The van der Waals surface area contributed by atoms with Crippen molar-refractivity contribution in [1.82, 2.24) is 5.32 Å². The molecule has 0 aromatic heterocycles. The van der Waals surface area contributed by atoms with Gasteiger partial charge in [0, 0.05) is 34.9 Å². The molecule has 1 amide bonds. The first-order valence-electron chi connectivity index (χ1n) is 12.0. The Labute approximate surface area is 207 Å². The molecule has 0 fully saturated rings. The van der Waals surface area contributed by atoms with Gasteiger partial charge in [-0.15, -0.1) is 0 Å². The molecule has 0 saturated carbocycles. The van der Waals surface area contributed by atoms with Crippen LogP contribution in [0.2, 0.25) is 0 Å². The fraction of sp³-hybridized carbons (Fsp3) is 0.429. The Morgan fingerprint density at radius 2 is 1.97 bits per heavy atom. The number of carbonyl (C=O) groups excluding carboxylic acids is 1. The molecule has 35 heavy (non-hydrogen) atoms. The predicted octanol–water partition coefficient (Wildman–Crippen LogP) is 5.00. The van der Waals surface area contributed by atoms with Crippen LogP contribution in [0.25, 0.3) is 4.85 Å². The number of nitrogens with zero attached hydrogens (tertiary/aromatic N) is 3. The molecule has 7 nitrogen and oxygen atoms in total. The molecule has 2 aromatic rings. The Bertz CT molecular complexity index is 1140. The summed E-state index contributed by atoms with van der Waals surface area (Å²) in [5.41, 5.74) is 3.79. The first kappa shape index (κ1) is 26.1. The lowest BCUT2D eigenvalue weighted by Crippen LogP contribution is -2.37. The second-order valence-corrected chi connectivity index (χ2v) is 9.67. The van der Waals surface area contributed by atoms with Crippen molar-refractivity contribution in [3.05, 3.63) is 70.6 Å². The molecular formula is C28H34N4O3. The van der Waals surface area contributed by atoms with Crippen LogP contribution in [0.4, 0.5) is 5.69 Å². The molecule has 3 rings (SSSR count). The fourth-order valence-corrected chi connectivity index (χ4v) is 3.71. The molecule has 0 aliphatic carbocycles. The van der Waals surface area contributed by atoms with Crippen molar-refractivity contribution in [2.75, 3.05) is 19.8 Å². The molecule has 1 heterocycles. The quantitative estimate of drug-likeness (QED) is 0.475. The number of amidine groups is 1. The van der Waals surface area contributed by atoms with Crippen LogP contribution in [0.5, 0.6) is 5.75 Å². The number of aliphatic hydroxyl groups excluding tert-OH is 1. The Morgan fingerprint density at radius 1 is 1.23 bits per heavy atom. The third-order valence-corrected chi connectivity index (χ3v) is 5.80. The Kier molecular flexibility index (Phi) is 8.78. The number of carbonyl (C=O) groups is 1. The van der Waals surface area contributed by atoms with Crippen molar-refractivity contribution in [2.24, 2.45) is 15.4 Å². The maximum atomic E-state index is 12.9. The summed E-state index contributed by atoms with van der Waals surface area (Å²) in [6, 6.07) is 12.6. The normalized spacial score (nSPS) is 14.1. The number of hydrogen-bond acceptors (Lipinski definition) is 5. The van der Waals surface area contributed by atoms with Crippen molar-refractivity contribution in [3.8, 4) is 5.75 Å². The average molecular weight is 475 g/mol. The third-order valence-electron chi connectivity index (χ3n) is 5.80. The van der Waals surface area contributed by atoms with Crippen LogP contribution in [0.1, 0.15) is 62.0 Å². The highest BCUT2D eigenvalue weighted by atomic mass is 16.5. The molecule has 1 aliphatic rings. The fourth-order valence-electron chi connectivity index (χ4n) is 3.71. The lowest BCUT2D eigenvalue weighted by molar-refractivity contribution is 0.0930. The summed E-state index contributed by atoms with van der Waals surface area (Å²) in [5.74, 6) is 0.955. The molecule has 0 unspecified atom stereocenters. The molecule has 1 aliphatic heterocycles. The van der Waals surface area contributed by atoms with Gasteiger partial charge in [0.15, 0.2) is 5.84 Å². The van der Waals surface area contributed by atoms with Gasteiger partial charge in [-0.1, -0.05) is 52.0 Å². The Balaban J connectivity index is 1.67. The van der Waals surface area contributed by atoms with E-state index in [1.165, 1.54) is 0 Å². The second-order valence-electron chi connectivity index (χ2n) is 9.67. The van der Waals surface area contributed by atoms with Crippen LogP contribution >= 0.6 is 0 Å². The van der Waals surface area contributed by atoms with Gasteiger partial charge in [-0.25, -0.2) is 9.84 Å². The largest absolute Gasteiger partial charge is 0.505 e. The first-order valence-corrected chi connectivity index (χ1v) is 12.0. The minimum atomic E-state index is -0.281. The summed E-state index contributed by atoms with van der Waals surface area (Å²) in [6.45, 7) is 16.9. The topological polar surface area (TPSA) is 87.6 Å². The zero-order valence-electron chi connectivity index (χ0n) is 21.0. The van der Waals surface area contributed by atoms with Crippen molar-refractivity contribution >= 4 is 23.1 Å². The molecular weight excluding hydrogens is 440 g/mol. The number of aliphatic imine (C=N–C) groups is 2. The number of aliphatic hydroxyl groups is 1. The number of hydrogen-bond donors (Lipinski definition) is 2. The molecule has 0 bridgehead atoms. The summed E-state index contributed by atoms with van der Waals surface area (Å²) < 4.78 is 5.58. The van der Waals surface area contributed by atoms with Crippen molar-refractivity contribution in [3.63, 3.8) is 0 Å². The van der Waals surface area contributed by atoms with Gasteiger partial charge < -0.3 is 15.2 Å². The molecule has 2 N–H and O–H groups in total. The van der Waals surface area contributed by atoms with Gasteiger partial charge in [-0.05, 0) is 43.0 Å². The molecule has 2 aromatic carbocycles. The van der Waals surface area contributed by atoms with Gasteiger partial charge in [0.05, 0.1) is 19.7 Å². The molecule has 0 spiro atoms. The first-order chi connectivity index (χ1) is 16.7. The molecule has 0 radical (unpaired) electrons. The van der Waals surface area contributed by atoms with Gasteiger partial charge >= 0.3 is 0 Å². The van der Waals surface area contributed by atoms with E-state index in [9.17, 15) is 9.90 Å². The second kappa shape index (κ2) is 11.8. The van der Waals surface area contributed by atoms with Crippen molar-refractivity contribution < 1.29 is 14.6 Å². The number of amides is 1. The van der Waals surface area contributed by atoms with Crippen LogP contribution in [0.15, 0.2) is 52.4 Å². The van der Waals surface area contributed by atoms with Crippen LogP contribution in [-0.2, 0) is 6.42 Å². The van der Waals surface area contributed by atoms with Crippen LogP contribution in [0.3, 0.4) is 0 Å². The van der Waals surface area contributed by atoms with E-state index in [2.05, 4.69) is 35.9 Å². The minimum Gasteiger partial charge on any atom is -0.505 e. The standard InChI is InChI=1S/C28H34N4O3/c1-6-15-35-24-12-11-21(17-23(24)29-5)27(34)31-22(13-14-33)16-19-7-9-20(10-8-19)26-30-18-25(32-26)28(2,3)4/h7-12,17,22,33H,6,13-16,18H2,1-4H3,(H,31,34)/t22-/m1/s1. The van der Waals surface area contributed by atoms with E-state index in [1.54, 1.807) is 18.2 Å². The van der Waals surface area contributed by atoms with Crippen molar-refractivity contribution in [1.29, 1.82) is 0 Å². The number of rotatable bonds is 10. The van der Waals surface area contributed by atoms with Crippen LogP contribution < -0.4 is 10.1 Å². The lowest BCUT2D eigenvalue weighted by Gasteiger charge is -2.19. The zero-order valence-corrected chi connectivity index (χ0v) is 21.0. The summed E-state index contributed by atoms with van der Waals surface area (Å²) in [5, 5.41) is 12.5. The summed E-state index contributed by atoms with van der Waals surface area (Å²) in [4.78, 5) is 25.7. The van der Waals surface area contributed by atoms with E-state index in [0.29, 0.717) is 43.0 Å². The molecule has 7 heteroatoms. The SMILES string of the molecule is [C-]#[N+]c1cc(C(=O)N[C@H](CCO)Cc2ccc(C3=NCC(C(C)(C)C)=N3)cc2)ccc1OCCC. The van der Waals surface area contributed by atoms with E-state index in [1.807, 2.05) is 31.2 Å². The van der Waals surface area contributed by atoms with Gasteiger partial charge in [0.25, 0.3) is 0 Å². The molecule has 184 valence electrons. The van der Waals surface area contributed by atoms with E-state index >= 15 is 0 Å².